The van der Waals surface area contributed by atoms with Crippen LogP contribution in [0, 0.1) is 0 Å². The van der Waals surface area contributed by atoms with E-state index in [1.807, 2.05) is 11.9 Å². The van der Waals surface area contributed by atoms with Crippen LogP contribution in [0.25, 0.3) is 0 Å². The average molecular weight is 380 g/mol. The van der Waals surface area contributed by atoms with E-state index in [9.17, 15) is 4.79 Å². The summed E-state index contributed by atoms with van der Waals surface area (Å²) in [6.45, 7) is 7.48. The molecule has 0 saturated heterocycles. The first-order chi connectivity index (χ1) is 11.6. The molecule has 1 amide bonds. The zero-order chi connectivity index (χ0) is 18.6. The van der Waals surface area contributed by atoms with Gasteiger partial charge in [-0.05, 0) is 29.7 Å². The first kappa shape index (κ1) is 19.7. The second-order valence-corrected chi connectivity index (χ2v) is 7.99. The highest BCUT2D eigenvalue weighted by molar-refractivity contribution is 6.36. The normalized spacial score (nSPS) is 11.6. The Labute approximate surface area is 159 Å². The number of carbonyl (C=O) groups excluding carboxylic acids is 1. The zero-order valence-corrected chi connectivity index (χ0v) is 16.4. The number of pyridine rings is 1. The van der Waals surface area contributed by atoms with Gasteiger partial charge in [-0.3, -0.25) is 9.69 Å². The summed E-state index contributed by atoms with van der Waals surface area (Å²) < 4.78 is 0. The number of halogens is 2. The van der Waals surface area contributed by atoms with E-state index in [0.717, 1.165) is 5.56 Å². The molecule has 1 aromatic carbocycles. The Morgan fingerprint density at radius 1 is 1.20 bits per heavy atom. The predicted molar refractivity (Wildman–Crippen MR) is 104 cm³/mol. The number of anilines is 1. The van der Waals surface area contributed by atoms with Crippen LogP contribution in [0.2, 0.25) is 10.0 Å². The van der Waals surface area contributed by atoms with Gasteiger partial charge in [-0.2, -0.15) is 0 Å². The van der Waals surface area contributed by atoms with Crippen LogP contribution in [-0.2, 0) is 16.8 Å². The van der Waals surface area contributed by atoms with Crippen LogP contribution in [0.4, 0.5) is 5.82 Å². The van der Waals surface area contributed by atoms with Crippen LogP contribution in [-0.4, -0.2) is 29.4 Å². The average Bonchev–Trinajstić information content (AvgIpc) is 2.49. The third kappa shape index (κ3) is 5.99. The van der Waals surface area contributed by atoms with Gasteiger partial charge in [0.25, 0.3) is 0 Å². The summed E-state index contributed by atoms with van der Waals surface area (Å²) in [5.74, 6) is 0.143. The predicted octanol–water partition coefficient (Wildman–Crippen LogP) is 4.76. The van der Waals surface area contributed by atoms with Crippen molar-refractivity contribution >= 4 is 34.9 Å². The Kier molecular flexibility index (Phi) is 6.44. The van der Waals surface area contributed by atoms with E-state index in [-0.39, 0.29) is 17.9 Å². The largest absolute Gasteiger partial charge is 0.308 e. The highest BCUT2D eigenvalue weighted by Gasteiger charge is 2.14. The summed E-state index contributed by atoms with van der Waals surface area (Å²) in [4.78, 5) is 18.1. The van der Waals surface area contributed by atoms with E-state index >= 15 is 0 Å². The topological polar surface area (TPSA) is 45.2 Å². The summed E-state index contributed by atoms with van der Waals surface area (Å²) in [5, 5.41) is 3.45. The molecule has 4 nitrogen and oxygen atoms in total. The highest BCUT2D eigenvalue weighted by atomic mass is 35.5. The van der Waals surface area contributed by atoms with Gasteiger partial charge in [-0.15, -0.1) is 0 Å². The summed E-state index contributed by atoms with van der Waals surface area (Å²) in [7, 11) is 1.90. The molecule has 0 spiro atoms. The van der Waals surface area contributed by atoms with Gasteiger partial charge in [-0.1, -0.05) is 68.2 Å². The molecule has 6 heteroatoms. The minimum absolute atomic E-state index is 0.134. The summed E-state index contributed by atoms with van der Waals surface area (Å²) >= 11 is 11.8. The quantitative estimate of drug-likeness (QED) is 0.814. The Hall–Kier alpha value is -1.62. The van der Waals surface area contributed by atoms with Crippen molar-refractivity contribution in [3.05, 3.63) is 57.7 Å². The van der Waals surface area contributed by atoms with Crippen molar-refractivity contribution in [1.82, 2.24) is 9.88 Å². The molecule has 0 atom stereocenters. The lowest BCUT2D eigenvalue weighted by Gasteiger charge is -2.20. The molecule has 0 aliphatic rings. The van der Waals surface area contributed by atoms with Crippen molar-refractivity contribution in [3.8, 4) is 0 Å². The fraction of sp³-hybridized carbons (Fsp3) is 0.368. The second-order valence-electron chi connectivity index (χ2n) is 7.15. The molecule has 1 aromatic heterocycles. The number of benzene rings is 1. The Morgan fingerprint density at radius 2 is 1.84 bits per heavy atom. The van der Waals surface area contributed by atoms with Crippen LogP contribution >= 0.6 is 23.2 Å². The summed E-state index contributed by atoms with van der Waals surface area (Å²) in [6, 6.07) is 10.0. The van der Waals surface area contributed by atoms with Crippen molar-refractivity contribution in [2.45, 2.75) is 32.7 Å². The Bertz CT molecular complexity index is 739. The van der Waals surface area contributed by atoms with Gasteiger partial charge in [0.15, 0.2) is 5.82 Å². The maximum absolute atomic E-state index is 12.2. The maximum atomic E-state index is 12.2. The molecular weight excluding hydrogens is 357 g/mol. The van der Waals surface area contributed by atoms with Crippen LogP contribution in [0.1, 0.15) is 31.9 Å². The lowest BCUT2D eigenvalue weighted by Crippen LogP contribution is -2.30. The molecule has 0 bridgehead atoms. The van der Waals surface area contributed by atoms with Crippen LogP contribution in [0.3, 0.4) is 0 Å². The number of rotatable bonds is 5. The van der Waals surface area contributed by atoms with E-state index in [0.29, 0.717) is 22.4 Å². The number of hydrogen-bond donors (Lipinski definition) is 1. The van der Waals surface area contributed by atoms with E-state index in [1.54, 1.807) is 6.07 Å². The number of aromatic nitrogens is 1. The molecule has 0 unspecified atom stereocenters. The zero-order valence-electron chi connectivity index (χ0n) is 14.9. The van der Waals surface area contributed by atoms with Crippen LogP contribution in [0.15, 0.2) is 36.5 Å². The maximum Gasteiger partial charge on any atom is 0.239 e. The molecule has 1 N–H and O–H groups in total. The minimum Gasteiger partial charge on any atom is -0.308 e. The van der Waals surface area contributed by atoms with Gasteiger partial charge in [0.2, 0.25) is 5.91 Å². The fourth-order valence-corrected chi connectivity index (χ4v) is 2.83. The van der Waals surface area contributed by atoms with Gasteiger partial charge in [0.05, 0.1) is 16.6 Å². The molecule has 0 aliphatic carbocycles. The van der Waals surface area contributed by atoms with Crippen LogP contribution in [0.5, 0.6) is 0 Å². The van der Waals surface area contributed by atoms with Gasteiger partial charge in [0.1, 0.15) is 0 Å². The standard InChI is InChI=1S/C19H23Cl2N3O/c1-19(2,3)14-7-5-13(6-8-14)11-24(4)12-17(25)23-18-16(21)9-15(20)10-22-18/h5-10H,11-12H2,1-4H3,(H,22,23,25). The molecule has 2 rings (SSSR count). The van der Waals surface area contributed by atoms with Crippen molar-refractivity contribution in [2.24, 2.45) is 0 Å². The van der Waals surface area contributed by atoms with Crippen molar-refractivity contribution in [3.63, 3.8) is 0 Å². The van der Waals surface area contributed by atoms with Gasteiger partial charge < -0.3 is 5.32 Å². The lowest BCUT2D eigenvalue weighted by atomic mass is 9.87. The molecule has 0 aliphatic heterocycles. The third-order valence-corrected chi connectivity index (χ3v) is 4.25. The number of nitrogens with one attached hydrogen (secondary N) is 1. The van der Waals surface area contributed by atoms with Gasteiger partial charge >= 0.3 is 0 Å². The summed E-state index contributed by atoms with van der Waals surface area (Å²) in [5.41, 5.74) is 2.58. The number of carbonyl (C=O) groups is 1. The van der Waals surface area contributed by atoms with Crippen molar-refractivity contribution in [1.29, 1.82) is 0 Å². The monoisotopic (exact) mass is 379 g/mol. The van der Waals surface area contributed by atoms with E-state index in [2.05, 4.69) is 55.3 Å². The van der Waals surface area contributed by atoms with E-state index in [4.69, 9.17) is 23.2 Å². The number of likely N-dealkylation sites (N-methyl/N-ethyl adjacent to an activating group) is 1. The first-order valence-electron chi connectivity index (χ1n) is 8.04. The molecule has 1 heterocycles. The number of hydrogen-bond acceptors (Lipinski definition) is 3. The first-order valence-corrected chi connectivity index (χ1v) is 8.79. The lowest BCUT2D eigenvalue weighted by molar-refractivity contribution is -0.117. The smallest absolute Gasteiger partial charge is 0.239 e. The fourth-order valence-electron chi connectivity index (χ4n) is 2.40. The minimum atomic E-state index is -0.175. The van der Waals surface area contributed by atoms with Gasteiger partial charge in [-0.25, -0.2) is 4.98 Å². The second kappa shape index (κ2) is 8.17. The number of nitrogens with zero attached hydrogens (tertiary/aromatic N) is 2. The molecule has 0 fully saturated rings. The van der Waals surface area contributed by atoms with Crippen LogP contribution < -0.4 is 5.32 Å². The third-order valence-electron chi connectivity index (χ3n) is 3.75. The Morgan fingerprint density at radius 3 is 2.40 bits per heavy atom. The molecule has 0 saturated carbocycles. The van der Waals surface area contributed by atoms with E-state index < -0.39 is 0 Å². The number of amides is 1. The van der Waals surface area contributed by atoms with Crippen molar-refractivity contribution < 1.29 is 4.79 Å². The van der Waals surface area contributed by atoms with E-state index in [1.165, 1.54) is 11.8 Å². The van der Waals surface area contributed by atoms with Crippen molar-refractivity contribution in [2.75, 3.05) is 18.9 Å². The summed E-state index contributed by atoms with van der Waals surface area (Å²) in [6.07, 6.45) is 1.45. The molecule has 134 valence electrons. The highest BCUT2D eigenvalue weighted by Crippen LogP contribution is 2.23. The molecule has 25 heavy (non-hydrogen) atoms. The SMILES string of the molecule is CN(CC(=O)Nc1ncc(Cl)cc1Cl)Cc1ccc(C(C)(C)C)cc1. The molecular formula is C19H23Cl2N3O. The Balaban J connectivity index is 1.91. The molecule has 0 radical (unpaired) electrons. The molecule has 2 aromatic rings. The van der Waals surface area contributed by atoms with Gasteiger partial charge in [0, 0.05) is 12.7 Å².